The quantitative estimate of drug-likeness (QED) is 0.824. The van der Waals surface area contributed by atoms with Crippen LogP contribution in [-0.2, 0) is 5.41 Å². The van der Waals surface area contributed by atoms with Crippen LogP contribution in [-0.4, -0.2) is 11.7 Å². The van der Waals surface area contributed by atoms with E-state index in [-0.39, 0.29) is 5.41 Å². The molecule has 1 aromatic rings. The minimum Gasteiger partial charge on any atom is -0.508 e. The van der Waals surface area contributed by atoms with Gasteiger partial charge in [0.05, 0.1) is 0 Å². The highest BCUT2D eigenvalue weighted by atomic mass is 16.3. The van der Waals surface area contributed by atoms with E-state index in [1.54, 1.807) is 6.07 Å². The van der Waals surface area contributed by atoms with Crippen molar-refractivity contribution in [2.24, 2.45) is 11.1 Å². The summed E-state index contributed by atoms with van der Waals surface area (Å²) < 4.78 is 0. The van der Waals surface area contributed by atoms with Gasteiger partial charge in [-0.05, 0) is 37.2 Å². The lowest BCUT2D eigenvalue weighted by Crippen LogP contribution is -2.40. The first-order valence-electron chi connectivity index (χ1n) is 6.48. The van der Waals surface area contributed by atoms with E-state index >= 15 is 0 Å². The van der Waals surface area contributed by atoms with Crippen molar-refractivity contribution in [2.75, 3.05) is 6.54 Å². The zero-order chi connectivity index (χ0) is 12.5. The van der Waals surface area contributed by atoms with Crippen LogP contribution >= 0.6 is 0 Å². The molecule has 0 saturated heterocycles. The maximum Gasteiger partial charge on any atom is 0.119 e. The molecule has 0 amide bonds. The van der Waals surface area contributed by atoms with Crippen molar-refractivity contribution in [3.63, 3.8) is 0 Å². The van der Waals surface area contributed by atoms with Crippen molar-refractivity contribution in [2.45, 2.75) is 44.9 Å². The van der Waals surface area contributed by atoms with E-state index in [9.17, 15) is 5.11 Å². The third-order valence-corrected chi connectivity index (χ3v) is 4.43. The van der Waals surface area contributed by atoms with Gasteiger partial charge in [-0.2, -0.15) is 0 Å². The van der Waals surface area contributed by atoms with Crippen LogP contribution < -0.4 is 5.73 Å². The molecule has 2 rings (SSSR count). The van der Waals surface area contributed by atoms with Crippen molar-refractivity contribution in [1.29, 1.82) is 0 Å². The monoisotopic (exact) mass is 233 g/mol. The number of para-hydroxylation sites is 1. The molecule has 0 aliphatic heterocycles. The summed E-state index contributed by atoms with van der Waals surface area (Å²) in [4.78, 5) is 0. The average Bonchev–Trinajstić information content (AvgIpc) is 2.31. The number of phenolic OH excluding ortho intramolecular Hbond substituents is 1. The van der Waals surface area contributed by atoms with Gasteiger partial charge in [0.2, 0.25) is 0 Å². The fraction of sp³-hybridized carbons (Fsp3) is 0.600. The summed E-state index contributed by atoms with van der Waals surface area (Å²) in [6.45, 7) is 5.26. The van der Waals surface area contributed by atoms with Crippen LogP contribution in [0.1, 0.15) is 45.1 Å². The molecule has 0 heterocycles. The van der Waals surface area contributed by atoms with Gasteiger partial charge in [-0.1, -0.05) is 32.0 Å². The SMILES string of the molecule is CC1(C)CCC(CN)(c2ccccc2O)CC1. The Kier molecular flexibility index (Phi) is 3.17. The number of hydrogen-bond donors (Lipinski definition) is 2. The molecule has 1 aromatic carbocycles. The lowest BCUT2D eigenvalue weighted by molar-refractivity contribution is 0.163. The van der Waals surface area contributed by atoms with E-state index in [1.165, 1.54) is 12.8 Å². The zero-order valence-electron chi connectivity index (χ0n) is 10.9. The Morgan fingerprint density at radius 1 is 1.12 bits per heavy atom. The number of benzene rings is 1. The smallest absolute Gasteiger partial charge is 0.119 e. The molecular formula is C15H23NO. The molecule has 1 aliphatic carbocycles. The van der Waals surface area contributed by atoms with Gasteiger partial charge in [0.1, 0.15) is 5.75 Å². The topological polar surface area (TPSA) is 46.2 Å². The summed E-state index contributed by atoms with van der Waals surface area (Å²) in [6.07, 6.45) is 4.51. The van der Waals surface area contributed by atoms with Gasteiger partial charge in [-0.15, -0.1) is 0 Å². The van der Waals surface area contributed by atoms with Crippen LogP contribution in [0.5, 0.6) is 5.75 Å². The predicted octanol–water partition coefficient (Wildman–Crippen LogP) is 3.19. The zero-order valence-corrected chi connectivity index (χ0v) is 10.9. The van der Waals surface area contributed by atoms with E-state index in [0.29, 0.717) is 17.7 Å². The van der Waals surface area contributed by atoms with Gasteiger partial charge in [-0.25, -0.2) is 0 Å². The lowest BCUT2D eigenvalue weighted by Gasteiger charge is -2.43. The maximum absolute atomic E-state index is 10.0. The lowest BCUT2D eigenvalue weighted by atomic mass is 9.62. The van der Waals surface area contributed by atoms with E-state index in [0.717, 1.165) is 18.4 Å². The number of nitrogens with two attached hydrogens (primary N) is 1. The van der Waals surface area contributed by atoms with Crippen LogP contribution in [0.15, 0.2) is 24.3 Å². The largest absolute Gasteiger partial charge is 0.508 e. The van der Waals surface area contributed by atoms with Crippen LogP contribution in [0, 0.1) is 5.41 Å². The third kappa shape index (κ3) is 2.32. The molecule has 1 fully saturated rings. The summed E-state index contributed by atoms with van der Waals surface area (Å²) in [7, 11) is 0. The number of phenols is 1. The first-order valence-corrected chi connectivity index (χ1v) is 6.48. The fourth-order valence-electron chi connectivity index (χ4n) is 2.91. The van der Waals surface area contributed by atoms with Crippen LogP contribution in [0.3, 0.4) is 0 Å². The molecule has 1 saturated carbocycles. The minimum absolute atomic E-state index is 0.0130. The van der Waals surface area contributed by atoms with Crippen molar-refractivity contribution in [3.8, 4) is 5.75 Å². The summed E-state index contributed by atoms with van der Waals surface area (Å²) in [5, 5.41) is 10.0. The molecule has 0 spiro atoms. The van der Waals surface area contributed by atoms with Crippen molar-refractivity contribution in [3.05, 3.63) is 29.8 Å². The van der Waals surface area contributed by atoms with Gasteiger partial charge >= 0.3 is 0 Å². The third-order valence-electron chi connectivity index (χ3n) is 4.43. The molecule has 0 radical (unpaired) electrons. The Hall–Kier alpha value is -1.02. The highest BCUT2D eigenvalue weighted by molar-refractivity contribution is 5.39. The summed E-state index contributed by atoms with van der Waals surface area (Å²) >= 11 is 0. The summed E-state index contributed by atoms with van der Waals surface area (Å²) in [5.74, 6) is 0.401. The Balaban J connectivity index is 2.31. The minimum atomic E-state index is -0.0130. The van der Waals surface area contributed by atoms with Crippen molar-refractivity contribution >= 4 is 0 Å². The van der Waals surface area contributed by atoms with E-state index in [4.69, 9.17) is 5.73 Å². The highest BCUT2D eigenvalue weighted by Gasteiger charge is 2.39. The Morgan fingerprint density at radius 2 is 1.71 bits per heavy atom. The maximum atomic E-state index is 10.0. The van der Waals surface area contributed by atoms with Gasteiger partial charge in [0.25, 0.3) is 0 Å². The first-order chi connectivity index (χ1) is 7.99. The normalized spacial score (nSPS) is 22.3. The average molecular weight is 233 g/mol. The molecule has 0 atom stereocenters. The van der Waals surface area contributed by atoms with Crippen LogP contribution in [0.4, 0.5) is 0 Å². The molecule has 2 nitrogen and oxygen atoms in total. The fourth-order valence-corrected chi connectivity index (χ4v) is 2.91. The van der Waals surface area contributed by atoms with Crippen molar-refractivity contribution in [1.82, 2.24) is 0 Å². The molecule has 0 unspecified atom stereocenters. The first kappa shape index (κ1) is 12.4. The van der Waals surface area contributed by atoms with E-state index < -0.39 is 0 Å². The highest BCUT2D eigenvalue weighted by Crippen LogP contribution is 2.48. The molecule has 94 valence electrons. The second-order valence-electron chi connectivity index (χ2n) is 6.17. The molecular weight excluding hydrogens is 210 g/mol. The molecule has 0 aromatic heterocycles. The molecule has 3 N–H and O–H groups in total. The molecule has 0 bridgehead atoms. The van der Waals surface area contributed by atoms with Gasteiger partial charge in [-0.3, -0.25) is 0 Å². The number of rotatable bonds is 2. The standard InChI is InChI=1S/C15H23NO/c1-14(2)7-9-15(11-16,10-8-14)12-5-3-4-6-13(12)17/h3-6,17H,7-11,16H2,1-2H3. The molecule has 1 aliphatic rings. The van der Waals surface area contributed by atoms with E-state index in [2.05, 4.69) is 13.8 Å². The molecule has 2 heteroatoms. The second-order valence-corrected chi connectivity index (χ2v) is 6.17. The number of hydrogen-bond acceptors (Lipinski definition) is 2. The predicted molar refractivity (Wildman–Crippen MR) is 71.1 cm³/mol. The van der Waals surface area contributed by atoms with Crippen molar-refractivity contribution < 1.29 is 5.11 Å². The molecule has 17 heavy (non-hydrogen) atoms. The Morgan fingerprint density at radius 3 is 2.24 bits per heavy atom. The van der Waals surface area contributed by atoms with E-state index in [1.807, 2.05) is 18.2 Å². The second kappa shape index (κ2) is 4.34. The van der Waals surface area contributed by atoms with Gasteiger partial charge < -0.3 is 10.8 Å². The summed E-state index contributed by atoms with van der Waals surface area (Å²) in [6, 6.07) is 7.66. The van der Waals surface area contributed by atoms with Gasteiger partial charge in [0, 0.05) is 17.5 Å². The van der Waals surface area contributed by atoms with Crippen LogP contribution in [0.2, 0.25) is 0 Å². The number of aromatic hydroxyl groups is 1. The Labute approximate surface area is 104 Å². The van der Waals surface area contributed by atoms with Gasteiger partial charge in [0.15, 0.2) is 0 Å². The van der Waals surface area contributed by atoms with Crippen LogP contribution in [0.25, 0.3) is 0 Å². The Bertz CT molecular complexity index is 388. The summed E-state index contributed by atoms with van der Waals surface area (Å²) in [5.41, 5.74) is 7.46.